The number of aromatic amines is 1. The normalized spacial score (nSPS) is 15.6. The smallest absolute Gasteiger partial charge is 0.271 e. The van der Waals surface area contributed by atoms with Gasteiger partial charge in [-0.05, 0) is 49.5 Å². The van der Waals surface area contributed by atoms with E-state index in [9.17, 15) is 14.9 Å². The molecule has 0 bridgehead atoms. The van der Waals surface area contributed by atoms with Gasteiger partial charge in [0.25, 0.3) is 5.69 Å². The average molecular weight is 378 g/mol. The first-order valence-electron chi connectivity index (χ1n) is 9.43. The highest BCUT2D eigenvalue weighted by Crippen LogP contribution is 2.33. The van der Waals surface area contributed by atoms with Gasteiger partial charge in [-0.25, -0.2) is 0 Å². The van der Waals surface area contributed by atoms with Crippen LogP contribution in [0.3, 0.4) is 0 Å². The van der Waals surface area contributed by atoms with Crippen molar-refractivity contribution in [1.29, 1.82) is 0 Å². The number of hydrogen-bond acceptors (Lipinski definition) is 4. The monoisotopic (exact) mass is 378 g/mol. The van der Waals surface area contributed by atoms with Crippen molar-refractivity contribution >= 4 is 28.2 Å². The molecule has 7 heteroatoms. The fraction of sp³-hybridized carbons (Fsp3) is 0.286. The summed E-state index contributed by atoms with van der Waals surface area (Å²) in [6, 6.07) is 14.4. The Bertz CT molecular complexity index is 1010. The first-order valence-corrected chi connectivity index (χ1v) is 9.43. The van der Waals surface area contributed by atoms with Crippen LogP contribution in [0, 0.1) is 10.1 Å². The van der Waals surface area contributed by atoms with E-state index < -0.39 is 4.92 Å². The molecule has 1 amide bonds. The second-order valence-corrected chi connectivity index (χ2v) is 7.20. The van der Waals surface area contributed by atoms with Gasteiger partial charge in [0, 0.05) is 34.9 Å². The number of nitrogens with zero attached hydrogens (tertiary/aromatic N) is 2. The second-order valence-electron chi connectivity index (χ2n) is 7.20. The van der Waals surface area contributed by atoms with Crippen molar-refractivity contribution in [3.63, 3.8) is 0 Å². The lowest BCUT2D eigenvalue weighted by Crippen LogP contribution is -2.38. The van der Waals surface area contributed by atoms with E-state index >= 15 is 0 Å². The summed E-state index contributed by atoms with van der Waals surface area (Å²) in [6.45, 7) is 2.00. The number of H-pyrrole nitrogens is 1. The van der Waals surface area contributed by atoms with Gasteiger partial charge in [0.2, 0.25) is 5.91 Å². The molecule has 2 N–H and O–H groups in total. The maximum absolute atomic E-state index is 12.3. The number of benzene rings is 2. The first-order chi connectivity index (χ1) is 13.6. The molecule has 1 aromatic heterocycles. The number of nitro benzene ring substituents is 1. The molecule has 0 unspecified atom stereocenters. The predicted molar refractivity (Wildman–Crippen MR) is 108 cm³/mol. The van der Waals surface area contributed by atoms with Gasteiger partial charge in [-0.2, -0.15) is 0 Å². The van der Waals surface area contributed by atoms with Crippen molar-refractivity contribution in [2.75, 3.05) is 25.0 Å². The van der Waals surface area contributed by atoms with E-state index in [1.807, 2.05) is 6.07 Å². The number of amides is 1. The van der Waals surface area contributed by atoms with Crippen molar-refractivity contribution < 1.29 is 9.72 Å². The van der Waals surface area contributed by atoms with E-state index in [1.54, 1.807) is 12.1 Å². The highest BCUT2D eigenvalue weighted by molar-refractivity contribution is 5.92. The Morgan fingerprint density at radius 1 is 1.18 bits per heavy atom. The van der Waals surface area contributed by atoms with Crippen molar-refractivity contribution in [2.45, 2.75) is 18.8 Å². The predicted octanol–water partition coefficient (Wildman–Crippen LogP) is 3.89. The zero-order chi connectivity index (χ0) is 19.5. The van der Waals surface area contributed by atoms with Gasteiger partial charge < -0.3 is 10.3 Å². The molecule has 3 aromatic rings. The molecule has 0 atom stereocenters. The number of aromatic nitrogens is 1. The molecule has 1 saturated heterocycles. The molecule has 7 nitrogen and oxygen atoms in total. The first kappa shape index (κ1) is 18.2. The van der Waals surface area contributed by atoms with Crippen molar-refractivity contribution in [3.05, 3.63) is 70.4 Å². The van der Waals surface area contributed by atoms with Crippen LogP contribution in [0.2, 0.25) is 0 Å². The lowest BCUT2D eigenvalue weighted by molar-refractivity contribution is -0.384. The van der Waals surface area contributed by atoms with Crippen LogP contribution in [0.1, 0.15) is 24.3 Å². The Morgan fingerprint density at radius 2 is 1.96 bits per heavy atom. The van der Waals surface area contributed by atoms with E-state index in [-0.39, 0.29) is 11.6 Å². The molecular formula is C21H22N4O3. The van der Waals surface area contributed by atoms with Crippen LogP contribution in [0.4, 0.5) is 11.4 Å². The van der Waals surface area contributed by atoms with Crippen molar-refractivity contribution in [1.82, 2.24) is 9.88 Å². The molecule has 0 aliphatic carbocycles. The summed E-state index contributed by atoms with van der Waals surface area (Å²) in [5, 5.41) is 14.9. The fourth-order valence-corrected chi connectivity index (χ4v) is 3.93. The van der Waals surface area contributed by atoms with Gasteiger partial charge in [-0.15, -0.1) is 0 Å². The molecule has 1 fully saturated rings. The number of fused-ring (bicyclic) bond motifs is 1. The number of rotatable bonds is 5. The number of para-hydroxylation sites is 1. The van der Waals surface area contributed by atoms with Gasteiger partial charge in [0.15, 0.2) is 0 Å². The largest absolute Gasteiger partial charge is 0.361 e. The maximum atomic E-state index is 12.3. The minimum atomic E-state index is -0.467. The highest BCUT2D eigenvalue weighted by atomic mass is 16.6. The SMILES string of the molecule is O=C(CN1CCC(c2c[nH]c3ccccc23)CC1)Nc1cccc([N+](=O)[O-])c1. The summed E-state index contributed by atoms with van der Waals surface area (Å²) in [4.78, 5) is 28.2. The summed E-state index contributed by atoms with van der Waals surface area (Å²) in [5.41, 5.74) is 2.94. The quantitative estimate of drug-likeness (QED) is 0.520. The van der Waals surface area contributed by atoms with Gasteiger partial charge in [-0.1, -0.05) is 24.3 Å². The van der Waals surface area contributed by atoms with Crippen LogP contribution in [-0.2, 0) is 4.79 Å². The standard InChI is InChI=1S/C21H22N4O3/c26-21(23-16-4-3-5-17(12-16)25(27)28)14-24-10-8-15(9-11-24)19-13-22-20-7-2-1-6-18(19)20/h1-7,12-13,15,22H,8-11,14H2,(H,23,26). The van der Waals surface area contributed by atoms with Crippen LogP contribution >= 0.6 is 0 Å². The van der Waals surface area contributed by atoms with Gasteiger partial charge in [0.1, 0.15) is 0 Å². The van der Waals surface area contributed by atoms with E-state index in [0.717, 1.165) is 31.4 Å². The zero-order valence-corrected chi connectivity index (χ0v) is 15.4. The van der Waals surface area contributed by atoms with Crippen molar-refractivity contribution in [2.24, 2.45) is 0 Å². The Balaban J connectivity index is 1.32. The van der Waals surface area contributed by atoms with E-state index in [4.69, 9.17) is 0 Å². The topological polar surface area (TPSA) is 91.3 Å². The van der Waals surface area contributed by atoms with E-state index in [0.29, 0.717) is 18.2 Å². The van der Waals surface area contributed by atoms with Crippen LogP contribution in [0.5, 0.6) is 0 Å². The highest BCUT2D eigenvalue weighted by Gasteiger charge is 2.24. The third-order valence-corrected chi connectivity index (χ3v) is 5.36. The number of hydrogen-bond donors (Lipinski definition) is 2. The van der Waals surface area contributed by atoms with Crippen molar-refractivity contribution in [3.8, 4) is 0 Å². The van der Waals surface area contributed by atoms with Gasteiger partial charge in [-0.3, -0.25) is 19.8 Å². The molecule has 1 aliphatic rings. The van der Waals surface area contributed by atoms with E-state index in [2.05, 4.69) is 39.6 Å². The van der Waals surface area contributed by atoms with Crippen LogP contribution in [0.15, 0.2) is 54.7 Å². The van der Waals surface area contributed by atoms with Crippen LogP contribution in [0.25, 0.3) is 10.9 Å². The molecule has 144 valence electrons. The van der Waals surface area contributed by atoms with Crippen LogP contribution < -0.4 is 5.32 Å². The van der Waals surface area contributed by atoms with Crippen LogP contribution in [-0.4, -0.2) is 40.3 Å². The third kappa shape index (κ3) is 3.89. The number of anilines is 1. The average Bonchev–Trinajstić information content (AvgIpc) is 3.13. The summed E-state index contributed by atoms with van der Waals surface area (Å²) < 4.78 is 0. The fourth-order valence-electron chi connectivity index (χ4n) is 3.93. The molecule has 0 spiro atoms. The summed E-state index contributed by atoms with van der Waals surface area (Å²) in [5.74, 6) is 0.346. The number of carbonyl (C=O) groups excluding carboxylic acids is 1. The molecule has 2 aromatic carbocycles. The minimum Gasteiger partial charge on any atom is -0.361 e. The Kier molecular flexibility index (Phi) is 5.08. The lowest BCUT2D eigenvalue weighted by Gasteiger charge is -2.31. The summed E-state index contributed by atoms with van der Waals surface area (Å²) in [7, 11) is 0. The Morgan fingerprint density at radius 3 is 2.75 bits per heavy atom. The molecule has 0 saturated carbocycles. The number of carbonyl (C=O) groups is 1. The molecule has 2 heterocycles. The van der Waals surface area contributed by atoms with Gasteiger partial charge >= 0.3 is 0 Å². The number of nitro groups is 1. The summed E-state index contributed by atoms with van der Waals surface area (Å²) >= 11 is 0. The minimum absolute atomic E-state index is 0.0302. The zero-order valence-electron chi connectivity index (χ0n) is 15.4. The third-order valence-electron chi connectivity index (χ3n) is 5.36. The maximum Gasteiger partial charge on any atom is 0.271 e. The Labute approximate surface area is 162 Å². The summed E-state index contributed by atoms with van der Waals surface area (Å²) in [6.07, 6.45) is 4.12. The number of piperidine rings is 1. The molecule has 4 rings (SSSR count). The molecule has 28 heavy (non-hydrogen) atoms. The number of nitrogens with one attached hydrogen (secondary N) is 2. The molecule has 1 aliphatic heterocycles. The number of likely N-dealkylation sites (tertiary alicyclic amines) is 1. The second kappa shape index (κ2) is 7.82. The molecule has 0 radical (unpaired) electrons. The van der Waals surface area contributed by atoms with Gasteiger partial charge in [0.05, 0.1) is 11.5 Å². The lowest BCUT2D eigenvalue weighted by atomic mass is 9.89. The van der Waals surface area contributed by atoms with E-state index in [1.165, 1.54) is 23.1 Å². The number of non-ortho nitro benzene ring substituents is 1. The molecular weight excluding hydrogens is 356 g/mol. The Hall–Kier alpha value is -3.19.